The highest BCUT2D eigenvalue weighted by Gasteiger charge is 2.26. The number of benzene rings is 2. The van der Waals surface area contributed by atoms with Crippen LogP contribution in [0.4, 0.5) is 5.69 Å². The molecule has 1 aliphatic rings. The van der Waals surface area contributed by atoms with E-state index >= 15 is 0 Å². The van der Waals surface area contributed by atoms with Crippen molar-refractivity contribution in [3.8, 4) is 0 Å². The van der Waals surface area contributed by atoms with E-state index in [2.05, 4.69) is 15.6 Å². The van der Waals surface area contributed by atoms with Crippen molar-refractivity contribution in [2.24, 2.45) is 5.92 Å². The summed E-state index contributed by atoms with van der Waals surface area (Å²) < 4.78 is 0. The van der Waals surface area contributed by atoms with Crippen molar-refractivity contribution < 1.29 is 9.59 Å². The zero-order valence-corrected chi connectivity index (χ0v) is 15.7. The van der Waals surface area contributed by atoms with Crippen LogP contribution in [-0.2, 0) is 22.4 Å². The number of nitrogens with zero attached hydrogens (tertiary/aromatic N) is 1. The zero-order valence-electron chi connectivity index (χ0n) is 15.7. The van der Waals surface area contributed by atoms with Gasteiger partial charge < -0.3 is 10.6 Å². The van der Waals surface area contributed by atoms with Crippen molar-refractivity contribution in [3.63, 3.8) is 0 Å². The fourth-order valence-electron chi connectivity index (χ4n) is 3.75. The molecule has 142 valence electrons. The Bertz CT molecular complexity index is 1010. The minimum absolute atomic E-state index is 0.00771. The fourth-order valence-corrected chi connectivity index (χ4v) is 3.75. The summed E-state index contributed by atoms with van der Waals surface area (Å²) in [6.45, 7) is 0.564. The van der Waals surface area contributed by atoms with Crippen LogP contribution >= 0.6 is 0 Å². The van der Waals surface area contributed by atoms with Crippen molar-refractivity contribution in [2.75, 3.05) is 11.9 Å². The van der Waals surface area contributed by atoms with Crippen molar-refractivity contribution in [2.45, 2.75) is 25.7 Å². The third-order valence-electron chi connectivity index (χ3n) is 5.26. The molecule has 4 rings (SSSR count). The van der Waals surface area contributed by atoms with E-state index in [-0.39, 0.29) is 17.7 Å². The molecule has 1 aromatic heterocycles. The molecule has 2 aromatic carbocycles. The van der Waals surface area contributed by atoms with E-state index < -0.39 is 0 Å². The van der Waals surface area contributed by atoms with Crippen LogP contribution in [0.1, 0.15) is 24.0 Å². The monoisotopic (exact) mass is 373 g/mol. The minimum Gasteiger partial charge on any atom is -0.356 e. The first kappa shape index (κ1) is 18.2. The van der Waals surface area contributed by atoms with Crippen LogP contribution < -0.4 is 10.6 Å². The molecule has 0 saturated heterocycles. The third kappa shape index (κ3) is 4.03. The van der Waals surface area contributed by atoms with Crippen LogP contribution in [0.3, 0.4) is 0 Å². The van der Waals surface area contributed by atoms with E-state index in [1.807, 2.05) is 54.6 Å². The quantitative estimate of drug-likeness (QED) is 0.695. The maximum atomic E-state index is 12.2. The Morgan fingerprint density at radius 1 is 1.11 bits per heavy atom. The van der Waals surface area contributed by atoms with Gasteiger partial charge in [-0.05, 0) is 42.5 Å². The van der Waals surface area contributed by atoms with Gasteiger partial charge in [0.2, 0.25) is 11.8 Å². The second-order valence-corrected chi connectivity index (χ2v) is 7.18. The lowest BCUT2D eigenvalue weighted by Gasteiger charge is -2.24. The number of pyridine rings is 1. The molecule has 1 unspecified atom stereocenters. The standard InChI is InChI=1S/C23H23N3O2/c27-21(11-10-19-15-18-5-1-2-9-20(18)26-23(19)28)24-14-12-17-7-3-6-16-8-4-13-25-22(16)17/h1-9,13,19H,10-12,14-15H2,(H,24,27)(H,26,28). The molecule has 0 fully saturated rings. The predicted molar refractivity (Wildman–Crippen MR) is 110 cm³/mol. The van der Waals surface area contributed by atoms with Crippen LogP contribution in [0.15, 0.2) is 60.8 Å². The lowest BCUT2D eigenvalue weighted by molar-refractivity contribution is -0.122. The molecule has 2 heterocycles. The fraction of sp³-hybridized carbons (Fsp3) is 0.261. The topological polar surface area (TPSA) is 71.1 Å². The average molecular weight is 373 g/mol. The second-order valence-electron chi connectivity index (χ2n) is 7.18. The molecule has 2 N–H and O–H groups in total. The number of aromatic nitrogens is 1. The first-order chi connectivity index (χ1) is 13.7. The summed E-state index contributed by atoms with van der Waals surface area (Å²) in [5.41, 5.74) is 4.13. The largest absolute Gasteiger partial charge is 0.356 e. The summed E-state index contributed by atoms with van der Waals surface area (Å²) in [5.74, 6) is -0.156. The van der Waals surface area contributed by atoms with Gasteiger partial charge in [-0.15, -0.1) is 0 Å². The highest BCUT2D eigenvalue weighted by atomic mass is 16.2. The Kier molecular flexibility index (Phi) is 5.33. The summed E-state index contributed by atoms with van der Waals surface area (Å²) in [4.78, 5) is 28.9. The molecule has 1 aliphatic heterocycles. The number of rotatable bonds is 6. The maximum absolute atomic E-state index is 12.2. The van der Waals surface area contributed by atoms with E-state index in [4.69, 9.17) is 0 Å². The molecular weight excluding hydrogens is 350 g/mol. The number of hydrogen-bond acceptors (Lipinski definition) is 3. The Morgan fingerprint density at radius 3 is 2.89 bits per heavy atom. The predicted octanol–water partition coefficient (Wildman–Crippen LogP) is 3.48. The van der Waals surface area contributed by atoms with Gasteiger partial charge in [-0.3, -0.25) is 14.6 Å². The van der Waals surface area contributed by atoms with Crippen LogP contribution in [0.5, 0.6) is 0 Å². The van der Waals surface area contributed by atoms with E-state index in [1.54, 1.807) is 6.20 Å². The number of hydrogen-bond donors (Lipinski definition) is 2. The SMILES string of the molecule is O=C(CCC1Cc2ccccc2NC1=O)NCCc1cccc2cccnc12. The number of carbonyl (C=O) groups is 2. The van der Waals surface area contributed by atoms with Crippen LogP contribution in [0.25, 0.3) is 10.9 Å². The molecule has 3 aromatic rings. The lowest BCUT2D eigenvalue weighted by atomic mass is 9.89. The van der Waals surface area contributed by atoms with Gasteiger partial charge >= 0.3 is 0 Å². The average Bonchev–Trinajstić information content (AvgIpc) is 2.72. The maximum Gasteiger partial charge on any atom is 0.227 e. The highest BCUT2D eigenvalue weighted by molar-refractivity contribution is 5.96. The molecule has 1 atom stereocenters. The van der Waals surface area contributed by atoms with Gasteiger partial charge in [0, 0.05) is 36.2 Å². The Hall–Kier alpha value is -3.21. The van der Waals surface area contributed by atoms with Crippen molar-refractivity contribution in [3.05, 3.63) is 71.9 Å². The highest BCUT2D eigenvalue weighted by Crippen LogP contribution is 2.27. The Labute approximate surface area is 164 Å². The van der Waals surface area contributed by atoms with Gasteiger partial charge in [0.1, 0.15) is 0 Å². The third-order valence-corrected chi connectivity index (χ3v) is 5.26. The van der Waals surface area contributed by atoms with Crippen LogP contribution in [0.2, 0.25) is 0 Å². The number of anilines is 1. The summed E-state index contributed by atoms with van der Waals surface area (Å²) in [6.07, 6.45) is 4.13. The van der Waals surface area contributed by atoms with Crippen molar-refractivity contribution in [1.29, 1.82) is 0 Å². The lowest BCUT2D eigenvalue weighted by Crippen LogP contribution is -2.32. The van der Waals surface area contributed by atoms with Crippen LogP contribution in [0, 0.1) is 5.92 Å². The zero-order chi connectivity index (χ0) is 19.3. The van der Waals surface area contributed by atoms with Gasteiger partial charge in [0.25, 0.3) is 0 Å². The normalized spacial score (nSPS) is 15.7. The molecule has 0 radical (unpaired) electrons. The van der Waals surface area contributed by atoms with Crippen LogP contribution in [-0.4, -0.2) is 23.3 Å². The van der Waals surface area contributed by atoms with Gasteiger partial charge in [0.05, 0.1) is 5.52 Å². The minimum atomic E-state index is -0.150. The first-order valence-electron chi connectivity index (χ1n) is 9.69. The van der Waals surface area contributed by atoms with Gasteiger partial charge in [-0.2, -0.15) is 0 Å². The molecule has 0 bridgehead atoms. The molecule has 5 heteroatoms. The van der Waals surface area contributed by atoms with Gasteiger partial charge in [-0.1, -0.05) is 42.5 Å². The number of amides is 2. The Morgan fingerprint density at radius 2 is 1.96 bits per heavy atom. The molecule has 28 heavy (non-hydrogen) atoms. The number of fused-ring (bicyclic) bond motifs is 2. The van der Waals surface area contributed by atoms with Gasteiger partial charge in [0.15, 0.2) is 0 Å². The number of carbonyl (C=O) groups excluding carboxylic acids is 2. The summed E-state index contributed by atoms with van der Waals surface area (Å²) in [5, 5.41) is 7.02. The van der Waals surface area contributed by atoms with E-state index in [1.165, 1.54) is 0 Å². The molecule has 5 nitrogen and oxygen atoms in total. The molecule has 0 spiro atoms. The van der Waals surface area contributed by atoms with E-state index in [9.17, 15) is 9.59 Å². The van der Waals surface area contributed by atoms with Crippen molar-refractivity contribution >= 4 is 28.4 Å². The number of para-hydroxylation sites is 2. The summed E-state index contributed by atoms with van der Waals surface area (Å²) in [7, 11) is 0. The second kappa shape index (κ2) is 8.21. The van der Waals surface area contributed by atoms with E-state index in [0.29, 0.717) is 25.8 Å². The number of nitrogens with one attached hydrogen (secondary N) is 2. The first-order valence-corrected chi connectivity index (χ1v) is 9.69. The summed E-state index contributed by atoms with van der Waals surface area (Å²) in [6, 6.07) is 17.9. The Balaban J connectivity index is 1.27. The van der Waals surface area contributed by atoms with E-state index in [0.717, 1.165) is 34.1 Å². The van der Waals surface area contributed by atoms with Gasteiger partial charge in [-0.25, -0.2) is 0 Å². The smallest absolute Gasteiger partial charge is 0.227 e. The molecule has 0 aliphatic carbocycles. The molecule has 2 amide bonds. The summed E-state index contributed by atoms with van der Waals surface area (Å²) >= 11 is 0. The molecule has 0 saturated carbocycles. The van der Waals surface area contributed by atoms with Crippen molar-refractivity contribution in [1.82, 2.24) is 10.3 Å². The molecular formula is C23H23N3O2.